The number of aliphatic hydroxyl groups excluding tert-OH is 2. The average molecular weight is 172 g/mol. The van der Waals surface area contributed by atoms with E-state index in [9.17, 15) is 0 Å². The average Bonchev–Trinajstić information content (AvgIpc) is 2.10. The van der Waals surface area contributed by atoms with Crippen molar-refractivity contribution in [2.24, 2.45) is 0 Å². The van der Waals surface area contributed by atoms with Gasteiger partial charge in [0.05, 0.1) is 13.0 Å². The molecule has 0 rings (SSSR count). The molecule has 0 atom stereocenters. The zero-order valence-electron chi connectivity index (χ0n) is 7.24. The fourth-order valence-corrected chi connectivity index (χ4v) is 0.972. The first kappa shape index (κ1) is 11.3. The van der Waals surface area contributed by atoms with Gasteiger partial charge >= 0.3 is 0 Å². The Bertz CT molecular complexity index is 153. The second kappa shape index (κ2) is 8.40. The van der Waals surface area contributed by atoms with Gasteiger partial charge in [-0.2, -0.15) is 4.79 Å². The smallest absolute Gasteiger partial charge is 0.271 e. The number of hydrogen-bond acceptors (Lipinski definition) is 2. The zero-order valence-corrected chi connectivity index (χ0v) is 7.24. The maximum atomic E-state index is 8.54. The maximum absolute atomic E-state index is 8.54. The van der Waals surface area contributed by atoms with Crippen molar-refractivity contribution in [3.63, 3.8) is 0 Å². The minimum atomic E-state index is 0.0272. The summed E-state index contributed by atoms with van der Waals surface area (Å²) in [6, 6.07) is 0. The van der Waals surface area contributed by atoms with Crippen LogP contribution < -0.4 is 0 Å². The second-order valence-electron chi connectivity index (χ2n) is 2.67. The second-order valence-corrected chi connectivity index (χ2v) is 2.67. The standard InChI is InChI=1S/C8H16N2O2/c9-10-8(5-7-12)4-2-1-3-6-11/h11-12H,1-7H2. The predicted molar refractivity (Wildman–Crippen MR) is 45.9 cm³/mol. The largest absolute Gasteiger partial charge is 0.396 e. The Labute approximate surface area is 72.5 Å². The molecule has 70 valence electrons. The predicted octanol–water partition coefficient (Wildman–Crippen LogP) is 0.592. The molecule has 4 nitrogen and oxygen atoms in total. The van der Waals surface area contributed by atoms with Crippen molar-refractivity contribution in [1.82, 2.24) is 0 Å². The molecule has 0 amide bonds. The summed E-state index contributed by atoms with van der Waals surface area (Å²) < 4.78 is 0. The van der Waals surface area contributed by atoms with Crippen LogP contribution in [0.25, 0.3) is 5.53 Å². The summed E-state index contributed by atoms with van der Waals surface area (Å²) in [5.74, 6) is 0. The highest BCUT2D eigenvalue weighted by Crippen LogP contribution is 2.01. The lowest BCUT2D eigenvalue weighted by Crippen LogP contribution is -2.02. The first-order valence-corrected chi connectivity index (χ1v) is 4.26. The molecule has 0 saturated carbocycles. The Kier molecular flexibility index (Phi) is 7.91. The van der Waals surface area contributed by atoms with Crippen LogP contribution in [0.2, 0.25) is 0 Å². The summed E-state index contributed by atoms with van der Waals surface area (Å²) >= 11 is 0. The van der Waals surface area contributed by atoms with Crippen molar-refractivity contribution in [1.29, 1.82) is 0 Å². The van der Waals surface area contributed by atoms with E-state index < -0.39 is 0 Å². The van der Waals surface area contributed by atoms with E-state index >= 15 is 0 Å². The van der Waals surface area contributed by atoms with Crippen molar-refractivity contribution in [2.45, 2.75) is 32.1 Å². The summed E-state index contributed by atoms with van der Waals surface area (Å²) in [6.07, 6.45) is 3.77. The quantitative estimate of drug-likeness (QED) is 0.255. The number of hydrogen-bond donors (Lipinski definition) is 2. The Balaban J connectivity index is 3.39. The Morgan fingerprint density at radius 3 is 2.25 bits per heavy atom. The molecule has 0 bridgehead atoms. The van der Waals surface area contributed by atoms with E-state index in [1.54, 1.807) is 0 Å². The van der Waals surface area contributed by atoms with E-state index in [2.05, 4.69) is 4.79 Å². The molecular formula is C8H16N2O2. The van der Waals surface area contributed by atoms with Gasteiger partial charge in [-0.25, -0.2) is 0 Å². The Hall–Kier alpha value is -0.700. The third kappa shape index (κ3) is 6.04. The summed E-state index contributed by atoms with van der Waals surface area (Å²) in [6.45, 7) is 0.241. The SMILES string of the molecule is [N-]=[N+]=C(CCO)CCCCCO. The monoisotopic (exact) mass is 172 g/mol. The van der Waals surface area contributed by atoms with Crippen LogP contribution in [0.1, 0.15) is 32.1 Å². The Morgan fingerprint density at radius 2 is 1.75 bits per heavy atom. The fraction of sp³-hybridized carbons (Fsp3) is 0.875. The molecule has 0 aliphatic rings. The lowest BCUT2D eigenvalue weighted by Gasteiger charge is -1.94. The van der Waals surface area contributed by atoms with E-state index in [1.807, 2.05) is 0 Å². The minimum Gasteiger partial charge on any atom is -0.396 e. The molecule has 0 aliphatic heterocycles. The van der Waals surface area contributed by atoms with Crippen LogP contribution >= 0.6 is 0 Å². The molecule has 0 fully saturated rings. The van der Waals surface area contributed by atoms with Gasteiger partial charge in [-0.05, 0) is 12.8 Å². The zero-order chi connectivity index (χ0) is 9.23. The van der Waals surface area contributed by atoms with Crippen LogP contribution in [-0.4, -0.2) is 33.9 Å². The van der Waals surface area contributed by atoms with Gasteiger partial charge in [0.2, 0.25) is 0 Å². The lowest BCUT2D eigenvalue weighted by atomic mass is 10.1. The van der Waals surface area contributed by atoms with Crippen molar-refractivity contribution < 1.29 is 15.0 Å². The van der Waals surface area contributed by atoms with Crippen LogP contribution in [0.3, 0.4) is 0 Å². The summed E-state index contributed by atoms with van der Waals surface area (Å²) in [5.41, 5.74) is 9.08. The first-order chi connectivity index (χ1) is 5.85. The third-order valence-corrected chi connectivity index (χ3v) is 1.67. The number of nitrogens with zero attached hydrogens (tertiary/aromatic N) is 2. The first-order valence-electron chi connectivity index (χ1n) is 4.26. The molecule has 2 N–H and O–H groups in total. The molecule has 0 aromatic carbocycles. The summed E-state index contributed by atoms with van der Waals surface area (Å²) in [4.78, 5) is 3.07. The molecule has 0 aromatic heterocycles. The topological polar surface area (TPSA) is 76.9 Å². The van der Waals surface area contributed by atoms with Gasteiger partial charge in [-0.3, -0.25) is 0 Å². The van der Waals surface area contributed by atoms with Gasteiger partial charge in [-0.15, -0.1) is 0 Å². The molecule has 4 heteroatoms. The van der Waals surface area contributed by atoms with E-state index in [4.69, 9.17) is 15.7 Å². The van der Waals surface area contributed by atoms with Gasteiger partial charge in [0, 0.05) is 13.0 Å². The normalized spacial score (nSPS) is 9.50. The minimum absolute atomic E-state index is 0.0272. The van der Waals surface area contributed by atoms with E-state index in [0.717, 1.165) is 19.3 Å². The van der Waals surface area contributed by atoms with Crippen molar-refractivity contribution >= 4 is 5.71 Å². The third-order valence-electron chi connectivity index (χ3n) is 1.67. The van der Waals surface area contributed by atoms with E-state index in [0.29, 0.717) is 18.6 Å². The van der Waals surface area contributed by atoms with Gasteiger partial charge in [0.1, 0.15) is 0 Å². The summed E-state index contributed by atoms with van der Waals surface area (Å²) in [5, 5.41) is 17.0. The molecule has 0 heterocycles. The van der Waals surface area contributed by atoms with Gasteiger partial charge in [-0.1, -0.05) is 6.42 Å². The lowest BCUT2D eigenvalue weighted by molar-refractivity contribution is -0.0128. The van der Waals surface area contributed by atoms with Crippen molar-refractivity contribution in [3.05, 3.63) is 5.53 Å². The molecule has 0 radical (unpaired) electrons. The number of aliphatic hydroxyl groups is 2. The van der Waals surface area contributed by atoms with Gasteiger partial charge < -0.3 is 15.7 Å². The van der Waals surface area contributed by atoms with Gasteiger partial charge in [0.25, 0.3) is 5.71 Å². The van der Waals surface area contributed by atoms with Crippen molar-refractivity contribution in [2.75, 3.05) is 13.2 Å². The molecular weight excluding hydrogens is 156 g/mol. The van der Waals surface area contributed by atoms with Crippen LogP contribution in [0.5, 0.6) is 0 Å². The Morgan fingerprint density at radius 1 is 1.00 bits per heavy atom. The van der Waals surface area contributed by atoms with Crippen LogP contribution in [0, 0.1) is 0 Å². The van der Waals surface area contributed by atoms with E-state index in [-0.39, 0.29) is 13.2 Å². The number of unbranched alkanes of at least 4 members (excludes halogenated alkanes) is 2. The highest BCUT2D eigenvalue weighted by molar-refractivity contribution is 5.78. The van der Waals surface area contributed by atoms with Gasteiger partial charge in [0.15, 0.2) is 0 Å². The van der Waals surface area contributed by atoms with Crippen LogP contribution in [0.15, 0.2) is 0 Å². The molecule has 12 heavy (non-hydrogen) atoms. The molecule has 0 aliphatic carbocycles. The fourth-order valence-electron chi connectivity index (χ4n) is 0.972. The molecule has 0 unspecified atom stereocenters. The number of rotatable bonds is 7. The summed E-state index contributed by atoms with van der Waals surface area (Å²) in [7, 11) is 0. The van der Waals surface area contributed by atoms with Crippen LogP contribution in [-0.2, 0) is 0 Å². The molecule has 0 saturated heterocycles. The van der Waals surface area contributed by atoms with Crippen molar-refractivity contribution in [3.8, 4) is 0 Å². The maximum Gasteiger partial charge on any atom is 0.271 e. The molecule has 0 aromatic rings. The highest BCUT2D eigenvalue weighted by Gasteiger charge is 2.05. The van der Waals surface area contributed by atoms with E-state index in [1.165, 1.54) is 0 Å². The van der Waals surface area contributed by atoms with Crippen LogP contribution in [0.4, 0.5) is 0 Å². The highest BCUT2D eigenvalue weighted by atomic mass is 16.3. The molecule has 0 spiro atoms.